The number of benzene rings is 3. The molecule has 0 bridgehead atoms. The van der Waals surface area contributed by atoms with Gasteiger partial charge in [-0.2, -0.15) is 0 Å². The Hall–Kier alpha value is -1.70. The first-order valence-corrected chi connectivity index (χ1v) is 7.04. The van der Waals surface area contributed by atoms with Gasteiger partial charge < -0.3 is 4.74 Å². The van der Waals surface area contributed by atoms with E-state index in [4.69, 9.17) is 27.9 Å². The maximum absolute atomic E-state index is 6.10. The number of fused-ring (bicyclic) bond motifs is 1. The van der Waals surface area contributed by atoms with Gasteiger partial charge in [-0.3, -0.25) is 0 Å². The minimum Gasteiger partial charge on any atom is -0.487 e. The minimum atomic E-state index is 0.460. The van der Waals surface area contributed by atoms with Gasteiger partial charge in [-0.05, 0) is 28.5 Å². The summed E-state index contributed by atoms with van der Waals surface area (Å²) in [4.78, 5) is 0. The van der Waals surface area contributed by atoms with Crippen molar-refractivity contribution in [1.82, 2.24) is 0 Å². The number of halogens is 2. The molecule has 1 nitrogen and oxygen atoms in total. The fraction of sp³-hybridized carbons (Fsp3) is 0.0588. The van der Waals surface area contributed by atoms with E-state index < -0.39 is 0 Å². The van der Waals surface area contributed by atoms with E-state index in [-0.39, 0.29) is 0 Å². The van der Waals surface area contributed by atoms with E-state index >= 15 is 0 Å². The lowest BCUT2D eigenvalue weighted by atomic mass is 10.1. The van der Waals surface area contributed by atoms with Crippen LogP contribution >= 0.6 is 23.2 Å². The van der Waals surface area contributed by atoms with Crippen LogP contribution < -0.4 is 4.74 Å². The normalized spacial score (nSPS) is 10.7. The summed E-state index contributed by atoms with van der Waals surface area (Å²) in [5.74, 6) is 0.604. The van der Waals surface area contributed by atoms with Gasteiger partial charge in [-0.1, -0.05) is 65.7 Å². The lowest BCUT2D eigenvalue weighted by molar-refractivity contribution is 0.308. The van der Waals surface area contributed by atoms with Crippen LogP contribution in [-0.4, -0.2) is 0 Å². The molecular formula is C17H12Cl2O. The van der Waals surface area contributed by atoms with Crippen LogP contribution in [0.1, 0.15) is 5.56 Å². The Labute approximate surface area is 127 Å². The predicted octanol–water partition coefficient (Wildman–Crippen LogP) is 5.73. The molecule has 3 rings (SSSR count). The van der Waals surface area contributed by atoms with E-state index in [1.807, 2.05) is 18.2 Å². The average molecular weight is 303 g/mol. The van der Waals surface area contributed by atoms with Gasteiger partial charge in [0.1, 0.15) is 12.4 Å². The Morgan fingerprint density at radius 3 is 2.55 bits per heavy atom. The molecule has 0 heterocycles. The predicted molar refractivity (Wildman–Crippen MR) is 84.7 cm³/mol. The SMILES string of the molecule is Clc1ccc(Cl)c(OCc2cccc3ccccc23)c1. The Bertz CT molecular complexity index is 748. The maximum atomic E-state index is 6.10. The molecule has 0 aromatic heterocycles. The fourth-order valence-corrected chi connectivity index (χ4v) is 2.50. The molecule has 0 aliphatic carbocycles. The Balaban J connectivity index is 1.89. The Morgan fingerprint density at radius 1 is 0.850 bits per heavy atom. The molecule has 3 heteroatoms. The van der Waals surface area contributed by atoms with Crippen molar-refractivity contribution in [3.63, 3.8) is 0 Å². The Kier molecular flexibility index (Phi) is 3.81. The van der Waals surface area contributed by atoms with Gasteiger partial charge in [0.2, 0.25) is 0 Å². The highest BCUT2D eigenvalue weighted by Gasteiger charge is 2.05. The van der Waals surface area contributed by atoms with Crippen LogP contribution in [0, 0.1) is 0 Å². The fourth-order valence-electron chi connectivity index (χ4n) is 2.16. The van der Waals surface area contributed by atoms with Crippen molar-refractivity contribution < 1.29 is 4.74 Å². The van der Waals surface area contributed by atoms with E-state index in [2.05, 4.69) is 24.3 Å². The molecule has 0 fully saturated rings. The highest BCUT2D eigenvalue weighted by Crippen LogP contribution is 2.29. The van der Waals surface area contributed by atoms with E-state index in [1.165, 1.54) is 10.8 Å². The van der Waals surface area contributed by atoms with Crippen LogP contribution in [0.4, 0.5) is 0 Å². The molecule has 100 valence electrons. The van der Waals surface area contributed by atoms with E-state index in [1.54, 1.807) is 18.2 Å². The monoisotopic (exact) mass is 302 g/mol. The molecule has 3 aromatic carbocycles. The molecule has 0 N–H and O–H groups in total. The third kappa shape index (κ3) is 2.74. The third-order valence-corrected chi connectivity index (χ3v) is 3.70. The van der Waals surface area contributed by atoms with E-state index in [9.17, 15) is 0 Å². The van der Waals surface area contributed by atoms with Crippen LogP contribution in [0.15, 0.2) is 60.7 Å². The summed E-state index contributed by atoms with van der Waals surface area (Å²) in [6.45, 7) is 0.460. The largest absolute Gasteiger partial charge is 0.487 e. The van der Waals surface area contributed by atoms with Crippen LogP contribution in [-0.2, 0) is 6.61 Å². The smallest absolute Gasteiger partial charge is 0.139 e. The first-order chi connectivity index (χ1) is 9.74. The lowest BCUT2D eigenvalue weighted by Gasteiger charge is -2.10. The van der Waals surface area contributed by atoms with Crippen LogP contribution in [0.3, 0.4) is 0 Å². The molecule has 0 unspecified atom stereocenters. The molecule has 20 heavy (non-hydrogen) atoms. The summed E-state index contributed by atoms with van der Waals surface area (Å²) in [6.07, 6.45) is 0. The number of hydrogen-bond acceptors (Lipinski definition) is 1. The van der Waals surface area contributed by atoms with Crippen molar-refractivity contribution in [2.75, 3.05) is 0 Å². The van der Waals surface area contributed by atoms with Gasteiger partial charge in [0.05, 0.1) is 5.02 Å². The molecule has 0 atom stereocenters. The summed E-state index contributed by atoms with van der Waals surface area (Å²) in [5, 5.41) is 3.57. The van der Waals surface area contributed by atoms with Gasteiger partial charge in [0.15, 0.2) is 0 Å². The van der Waals surface area contributed by atoms with Gasteiger partial charge in [-0.15, -0.1) is 0 Å². The topological polar surface area (TPSA) is 9.23 Å². The molecule has 0 radical (unpaired) electrons. The zero-order valence-corrected chi connectivity index (χ0v) is 12.2. The lowest BCUT2D eigenvalue weighted by Crippen LogP contribution is -1.97. The standard InChI is InChI=1S/C17H12Cl2O/c18-14-8-9-16(19)17(10-14)20-11-13-6-3-5-12-4-1-2-7-15(12)13/h1-10H,11H2. The van der Waals surface area contributed by atoms with Crippen molar-refractivity contribution in [2.24, 2.45) is 0 Å². The minimum absolute atomic E-state index is 0.460. The van der Waals surface area contributed by atoms with Crippen molar-refractivity contribution in [1.29, 1.82) is 0 Å². The summed E-state index contributed by atoms with van der Waals surface area (Å²) in [6, 6.07) is 19.6. The summed E-state index contributed by atoms with van der Waals surface area (Å²) < 4.78 is 5.80. The number of rotatable bonds is 3. The highest BCUT2D eigenvalue weighted by molar-refractivity contribution is 6.34. The zero-order valence-electron chi connectivity index (χ0n) is 10.6. The molecule has 0 saturated heterocycles. The average Bonchev–Trinajstić information content (AvgIpc) is 2.48. The second-order valence-corrected chi connectivity index (χ2v) is 5.35. The van der Waals surface area contributed by atoms with Crippen molar-refractivity contribution >= 4 is 34.0 Å². The molecular weight excluding hydrogens is 291 g/mol. The third-order valence-electron chi connectivity index (χ3n) is 3.16. The summed E-state index contributed by atoms with van der Waals surface area (Å²) in [7, 11) is 0. The van der Waals surface area contributed by atoms with E-state index in [0.29, 0.717) is 22.4 Å². The van der Waals surface area contributed by atoms with Gasteiger partial charge >= 0.3 is 0 Å². The molecule has 0 spiro atoms. The van der Waals surface area contributed by atoms with Crippen molar-refractivity contribution in [2.45, 2.75) is 6.61 Å². The molecule has 3 aromatic rings. The van der Waals surface area contributed by atoms with Crippen LogP contribution in [0.25, 0.3) is 10.8 Å². The molecule has 0 aliphatic rings. The zero-order chi connectivity index (χ0) is 13.9. The Morgan fingerprint density at radius 2 is 1.65 bits per heavy atom. The van der Waals surface area contributed by atoms with Crippen molar-refractivity contribution in [3.8, 4) is 5.75 Å². The first-order valence-electron chi connectivity index (χ1n) is 6.28. The van der Waals surface area contributed by atoms with Crippen LogP contribution in [0.2, 0.25) is 10.0 Å². The molecule has 0 aliphatic heterocycles. The second kappa shape index (κ2) is 5.74. The number of hydrogen-bond donors (Lipinski definition) is 0. The first kappa shape index (κ1) is 13.3. The maximum Gasteiger partial charge on any atom is 0.139 e. The van der Waals surface area contributed by atoms with Gasteiger partial charge in [-0.25, -0.2) is 0 Å². The van der Waals surface area contributed by atoms with Gasteiger partial charge in [0, 0.05) is 11.1 Å². The van der Waals surface area contributed by atoms with Crippen molar-refractivity contribution in [3.05, 3.63) is 76.3 Å². The highest BCUT2D eigenvalue weighted by atomic mass is 35.5. The number of ether oxygens (including phenoxy) is 1. The van der Waals surface area contributed by atoms with E-state index in [0.717, 1.165) is 5.56 Å². The molecule has 0 amide bonds. The summed E-state index contributed by atoms with van der Waals surface area (Å²) >= 11 is 12.1. The summed E-state index contributed by atoms with van der Waals surface area (Å²) in [5.41, 5.74) is 1.12. The second-order valence-electron chi connectivity index (χ2n) is 4.50. The van der Waals surface area contributed by atoms with Gasteiger partial charge in [0.25, 0.3) is 0 Å². The quantitative estimate of drug-likeness (QED) is 0.600. The molecule has 0 saturated carbocycles. The van der Waals surface area contributed by atoms with Crippen LogP contribution in [0.5, 0.6) is 5.75 Å².